The fourth-order valence-corrected chi connectivity index (χ4v) is 2.23. The predicted molar refractivity (Wildman–Crippen MR) is 100 cm³/mol. The fraction of sp³-hybridized carbons (Fsp3) is 0.389. The zero-order chi connectivity index (χ0) is 18.3. The molecule has 4 N–H and O–H groups in total. The van der Waals surface area contributed by atoms with Crippen LogP contribution in [0, 0.1) is 0 Å². The van der Waals surface area contributed by atoms with Crippen molar-refractivity contribution in [2.75, 3.05) is 13.6 Å². The van der Waals surface area contributed by atoms with Crippen molar-refractivity contribution in [2.24, 2.45) is 4.99 Å². The molecule has 0 saturated carbocycles. The Kier molecular flexibility index (Phi) is 6.16. The zero-order valence-corrected chi connectivity index (χ0v) is 15.2. The summed E-state index contributed by atoms with van der Waals surface area (Å²) in [6, 6.07) is 10.0. The molecule has 0 saturated heterocycles. The number of nitrogens with one attached hydrogen (secondary N) is 4. The highest BCUT2D eigenvalue weighted by molar-refractivity contribution is 5.86. The Hall–Kier alpha value is -2.83. The van der Waals surface area contributed by atoms with E-state index in [0.717, 1.165) is 17.1 Å². The third-order valence-electron chi connectivity index (χ3n) is 3.29. The van der Waals surface area contributed by atoms with Crippen LogP contribution in [0.1, 0.15) is 26.6 Å². The first-order chi connectivity index (χ1) is 11.9. The van der Waals surface area contributed by atoms with E-state index >= 15 is 0 Å². The quantitative estimate of drug-likeness (QED) is 0.491. The molecule has 7 heteroatoms. The van der Waals surface area contributed by atoms with E-state index in [0.29, 0.717) is 12.5 Å². The summed E-state index contributed by atoms with van der Waals surface area (Å²) >= 11 is 0. The van der Waals surface area contributed by atoms with E-state index in [1.807, 2.05) is 51.1 Å². The number of H-pyrrole nitrogens is 1. The normalized spacial score (nSPS) is 11.9. The molecule has 0 aliphatic rings. The van der Waals surface area contributed by atoms with Crippen molar-refractivity contribution >= 4 is 11.9 Å². The second-order valence-electron chi connectivity index (χ2n) is 6.69. The lowest BCUT2D eigenvalue weighted by atomic mass is 10.1. The summed E-state index contributed by atoms with van der Waals surface area (Å²) in [7, 11) is 1.66. The van der Waals surface area contributed by atoms with Crippen LogP contribution < -0.4 is 16.0 Å². The van der Waals surface area contributed by atoms with Crippen molar-refractivity contribution in [2.45, 2.75) is 32.9 Å². The SMILES string of the molecule is CN=C(NCC(=O)NC(C)(C)C)NCc1ncc(-c2ccccc2)[nH]1. The average Bonchev–Trinajstić information content (AvgIpc) is 3.03. The summed E-state index contributed by atoms with van der Waals surface area (Å²) in [5.41, 5.74) is 1.80. The molecule has 0 radical (unpaired) electrons. The lowest BCUT2D eigenvalue weighted by molar-refractivity contribution is -0.121. The fourth-order valence-electron chi connectivity index (χ4n) is 2.23. The molecule has 1 amide bonds. The maximum absolute atomic E-state index is 11.8. The number of imidazole rings is 1. The van der Waals surface area contributed by atoms with Crippen molar-refractivity contribution in [3.63, 3.8) is 0 Å². The van der Waals surface area contributed by atoms with Gasteiger partial charge in [0.15, 0.2) is 5.96 Å². The summed E-state index contributed by atoms with van der Waals surface area (Å²) in [4.78, 5) is 23.6. The Morgan fingerprint density at radius 2 is 1.92 bits per heavy atom. The maximum Gasteiger partial charge on any atom is 0.239 e. The molecule has 0 aliphatic heterocycles. The molecule has 7 nitrogen and oxygen atoms in total. The van der Waals surface area contributed by atoms with E-state index in [-0.39, 0.29) is 18.0 Å². The van der Waals surface area contributed by atoms with E-state index in [1.165, 1.54) is 0 Å². The molecule has 134 valence electrons. The van der Waals surface area contributed by atoms with Crippen molar-refractivity contribution in [1.82, 2.24) is 25.9 Å². The molecule has 25 heavy (non-hydrogen) atoms. The number of aromatic amines is 1. The minimum Gasteiger partial charge on any atom is -0.350 e. The number of aromatic nitrogens is 2. The molecule has 2 aromatic rings. The second-order valence-corrected chi connectivity index (χ2v) is 6.69. The van der Waals surface area contributed by atoms with Crippen molar-refractivity contribution in [3.8, 4) is 11.3 Å². The van der Waals surface area contributed by atoms with Crippen LogP contribution in [0.2, 0.25) is 0 Å². The molecule has 1 heterocycles. The number of amides is 1. The first-order valence-corrected chi connectivity index (χ1v) is 8.22. The van der Waals surface area contributed by atoms with E-state index in [9.17, 15) is 4.79 Å². The van der Waals surface area contributed by atoms with Gasteiger partial charge in [0.05, 0.1) is 25.0 Å². The van der Waals surface area contributed by atoms with Gasteiger partial charge in [0, 0.05) is 12.6 Å². The van der Waals surface area contributed by atoms with Gasteiger partial charge in [0.25, 0.3) is 0 Å². The third kappa shape index (κ3) is 6.29. The van der Waals surface area contributed by atoms with Crippen LogP contribution in [-0.4, -0.2) is 41.0 Å². The molecule has 1 aromatic carbocycles. The maximum atomic E-state index is 11.8. The van der Waals surface area contributed by atoms with Gasteiger partial charge in [-0.25, -0.2) is 4.98 Å². The number of hydrogen-bond acceptors (Lipinski definition) is 3. The Morgan fingerprint density at radius 3 is 2.56 bits per heavy atom. The van der Waals surface area contributed by atoms with Crippen LogP contribution in [-0.2, 0) is 11.3 Å². The van der Waals surface area contributed by atoms with Crippen LogP contribution in [0.3, 0.4) is 0 Å². The first-order valence-electron chi connectivity index (χ1n) is 8.22. The standard InChI is InChI=1S/C18H26N6O/c1-18(2,3)24-16(25)12-22-17(19-4)21-11-15-20-10-14(23-15)13-8-6-5-7-9-13/h5-10H,11-12H2,1-4H3,(H,20,23)(H,24,25)(H2,19,21,22). The Morgan fingerprint density at radius 1 is 1.20 bits per heavy atom. The topological polar surface area (TPSA) is 94.2 Å². The number of carbonyl (C=O) groups excluding carboxylic acids is 1. The van der Waals surface area contributed by atoms with Crippen molar-refractivity contribution < 1.29 is 4.79 Å². The molecule has 0 atom stereocenters. The van der Waals surface area contributed by atoms with Gasteiger partial charge >= 0.3 is 0 Å². The van der Waals surface area contributed by atoms with Crippen LogP contribution in [0.5, 0.6) is 0 Å². The second kappa shape index (κ2) is 8.32. The Balaban J connectivity index is 1.83. The minimum atomic E-state index is -0.252. The molecular formula is C18H26N6O. The minimum absolute atomic E-state index is 0.0835. The number of guanidine groups is 1. The number of nitrogens with zero attached hydrogens (tertiary/aromatic N) is 2. The molecule has 2 rings (SSSR count). The Bertz CT molecular complexity index is 715. The van der Waals surface area contributed by atoms with Gasteiger partial charge in [0.1, 0.15) is 5.82 Å². The first kappa shape index (κ1) is 18.5. The van der Waals surface area contributed by atoms with Gasteiger partial charge < -0.3 is 20.9 Å². The van der Waals surface area contributed by atoms with E-state index in [2.05, 4.69) is 30.9 Å². The predicted octanol–water partition coefficient (Wildman–Crippen LogP) is 1.66. The summed E-state index contributed by atoms with van der Waals surface area (Å²) < 4.78 is 0. The summed E-state index contributed by atoms with van der Waals surface area (Å²) in [6.45, 7) is 6.47. The van der Waals surface area contributed by atoms with Gasteiger partial charge in [0.2, 0.25) is 5.91 Å². The number of benzene rings is 1. The number of carbonyl (C=O) groups is 1. The summed E-state index contributed by atoms with van der Waals surface area (Å²) in [6.07, 6.45) is 1.80. The largest absolute Gasteiger partial charge is 0.350 e. The molecule has 1 aromatic heterocycles. The lowest BCUT2D eigenvalue weighted by Crippen LogP contribution is -2.48. The monoisotopic (exact) mass is 342 g/mol. The number of hydrogen-bond donors (Lipinski definition) is 4. The average molecular weight is 342 g/mol. The Labute approximate surface area is 148 Å². The highest BCUT2D eigenvalue weighted by Crippen LogP contribution is 2.15. The summed E-state index contributed by atoms with van der Waals surface area (Å²) in [5, 5.41) is 9.01. The van der Waals surface area contributed by atoms with Gasteiger partial charge in [-0.2, -0.15) is 0 Å². The van der Waals surface area contributed by atoms with Gasteiger partial charge in [-0.05, 0) is 26.3 Å². The van der Waals surface area contributed by atoms with E-state index in [4.69, 9.17) is 0 Å². The van der Waals surface area contributed by atoms with Crippen LogP contribution in [0.15, 0.2) is 41.5 Å². The van der Waals surface area contributed by atoms with Crippen LogP contribution in [0.25, 0.3) is 11.3 Å². The summed E-state index contributed by atoms with van der Waals surface area (Å²) in [5.74, 6) is 1.25. The number of aliphatic imine (C=N–C) groups is 1. The number of rotatable bonds is 5. The highest BCUT2D eigenvalue weighted by Gasteiger charge is 2.13. The molecule has 0 unspecified atom stereocenters. The molecule has 0 bridgehead atoms. The molecule has 0 aliphatic carbocycles. The van der Waals surface area contributed by atoms with Crippen LogP contribution >= 0.6 is 0 Å². The zero-order valence-electron chi connectivity index (χ0n) is 15.2. The molecule has 0 fully saturated rings. The van der Waals surface area contributed by atoms with Crippen molar-refractivity contribution in [1.29, 1.82) is 0 Å². The molecular weight excluding hydrogens is 316 g/mol. The van der Waals surface area contributed by atoms with Crippen molar-refractivity contribution in [3.05, 3.63) is 42.4 Å². The van der Waals surface area contributed by atoms with Gasteiger partial charge in [-0.1, -0.05) is 30.3 Å². The van der Waals surface area contributed by atoms with Crippen LogP contribution in [0.4, 0.5) is 0 Å². The van der Waals surface area contributed by atoms with E-state index in [1.54, 1.807) is 13.2 Å². The van der Waals surface area contributed by atoms with Gasteiger partial charge in [-0.3, -0.25) is 9.79 Å². The lowest BCUT2D eigenvalue weighted by Gasteiger charge is -2.21. The highest BCUT2D eigenvalue weighted by atomic mass is 16.2. The smallest absolute Gasteiger partial charge is 0.239 e. The third-order valence-corrected chi connectivity index (χ3v) is 3.29. The molecule has 0 spiro atoms. The van der Waals surface area contributed by atoms with E-state index < -0.39 is 0 Å². The van der Waals surface area contributed by atoms with Gasteiger partial charge in [-0.15, -0.1) is 0 Å².